The minimum absolute atomic E-state index is 0.824. The molecule has 96 valence electrons. The van der Waals surface area contributed by atoms with Gasteiger partial charge in [-0.25, -0.2) is 0 Å². The summed E-state index contributed by atoms with van der Waals surface area (Å²) in [7, 11) is 0. The molecular formula is C18H24. The van der Waals surface area contributed by atoms with E-state index in [0.717, 1.165) is 33.5 Å². The first-order valence-electron chi connectivity index (χ1n) is 7.96. The molecule has 5 aliphatic rings. The molecule has 0 aliphatic heterocycles. The molecule has 0 heteroatoms. The molecule has 0 bridgehead atoms. The van der Waals surface area contributed by atoms with Crippen molar-refractivity contribution < 1.29 is 0 Å². The van der Waals surface area contributed by atoms with E-state index in [0.29, 0.717) is 0 Å². The molecule has 0 aromatic heterocycles. The topological polar surface area (TPSA) is 0 Å². The van der Waals surface area contributed by atoms with Crippen molar-refractivity contribution in [3.8, 4) is 0 Å². The second kappa shape index (κ2) is 2.53. The third-order valence-electron chi connectivity index (χ3n) is 8.03. The van der Waals surface area contributed by atoms with Crippen LogP contribution >= 0.6 is 0 Å². The maximum atomic E-state index is 3.98. The van der Waals surface area contributed by atoms with Crippen LogP contribution in [0.25, 0.3) is 0 Å². The van der Waals surface area contributed by atoms with Crippen LogP contribution in [0.15, 0.2) is 25.3 Å². The molecule has 0 aromatic rings. The van der Waals surface area contributed by atoms with Crippen molar-refractivity contribution in [2.24, 2.45) is 33.5 Å². The minimum Gasteiger partial charge on any atom is -0.103 e. The molecule has 0 amide bonds. The lowest BCUT2D eigenvalue weighted by Gasteiger charge is -2.60. The highest BCUT2D eigenvalue weighted by atomic mass is 15.1. The summed E-state index contributed by atoms with van der Waals surface area (Å²) < 4.78 is 0. The summed E-state index contributed by atoms with van der Waals surface area (Å²) >= 11 is 0. The van der Waals surface area contributed by atoms with Gasteiger partial charge in [0, 0.05) is 0 Å². The van der Waals surface area contributed by atoms with Crippen molar-refractivity contribution in [2.45, 2.75) is 51.4 Å². The zero-order chi connectivity index (χ0) is 12.2. The lowest BCUT2D eigenvalue weighted by Crippen LogP contribution is -2.57. The van der Waals surface area contributed by atoms with Gasteiger partial charge in [0.15, 0.2) is 0 Å². The molecule has 2 atom stereocenters. The van der Waals surface area contributed by atoms with Gasteiger partial charge in [-0.2, -0.15) is 0 Å². The average molecular weight is 240 g/mol. The van der Waals surface area contributed by atoms with Gasteiger partial charge in [0.2, 0.25) is 0 Å². The number of hydrogen-bond acceptors (Lipinski definition) is 0. The lowest BCUT2D eigenvalue weighted by molar-refractivity contribution is -0.138. The Morgan fingerprint density at radius 3 is 1.44 bits per heavy atom. The van der Waals surface area contributed by atoms with E-state index in [1.807, 2.05) is 0 Å². The van der Waals surface area contributed by atoms with Gasteiger partial charge in [-0.1, -0.05) is 12.2 Å². The van der Waals surface area contributed by atoms with Gasteiger partial charge in [0.25, 0.3) is 0 Å². The van der Waals surface area contributed by atoms with Gasteiger partial charge >= 0.3 is 0 Å². The molecule has 5 saturated carbocycles. The second-order valence-electron chi connectivity index (χ2n) is 7.96. The molecule has 0 heterocycles. The number of allylic oxidation sites excluding steroid dienone is 2. The smallest absolute Gasteiger partial charge is 0.0139 e. The van der Waals surface area contributed by atoms with Crippen molar-refractivity contribution >= 4 is 0 Å². The van der Waals surface area contributed by atoms with E-state index in [9.17, 15) is 0 Å². The van der Waals surface area contributed by atoms with Gasteiger partial charge in [0.1, 0.15) is 0 Å². The van der Waals surface area contributed by atoms with E-state index in [2.05, 4.69) is 25.3 Å². The molecule has 18 heavy (non-hydrogen) atoms. The SMILES string of the molecule is C=CCC1CC12C1(CC1)C1(CC1CC=C)C21CC1. The Kier molecular flexibility index (Phi) is 1.45. The molecule has 2 unspecified atom stereocenters. The Hall–Kier alpha value is -0.520. The fourth-order valence-corrected chi connectivity index (χ4v) is 7.66. The normalized spacial score (nSPS) is 43.8. The van der Waals surface area contributed by atoms with Crippen LogP contribution in [0.1, 0.15) is 51.4 Å². The lowest BCUT2D eigenvalue weighted by atomic mass is 9.43. The third-order valence-corrected chi connectivity index (χ3v) is 8.03. The zero-order valence-corrected chi connectivity index (χ0v) is 11.4. The van der Waals surface area contributed by atoms with Gasteiger partial charge in [-0.3, -0.25) is 0 Å². The summed E-state index contributed by atoms with van der Waals surface area (Å²) in [5, 5.41) is 0. The molecule has 0 saturated heterocycles. The van der Waals surface area contributed by atoms with Gasteiger partial charge in [-0.15, -0.1) is 13.2 Å². The summed E-state index contributed by atoms with van der Waals surface area (Å²) in [6, 6.07) is 0. The summed E-state index contributed by atoms with van der Waals surface area (Å²) in [6.45, 7) is 7.97. The predicted octanol–water partition coefficient (Wildman–Crippen LogP) is 4.73. The zero-order valence-electron chi connectivity index (χ0n) is 11.4. The Balaban J connectivity index is 1.52. The van der Waals surface area contributed by atoms with Crippen LogP contribution in [0.5, 0.6) is 0 Å². The van der Waals surface area contributed by atoms with Crippen molar-refractivity contribution in [2.75, 3.05) is 0 Å². The van der Waals surface area contributed by atoms with E-state index in [1.165, 1.54) is 12.8 Å². The van der Waals surface area contributed by atoms with Crippen molar-refractivity contribution in [1.29, 1.82) is 0 Å². The molecule has 5 fully saturated rings. The van der Waals surface area contributed by atoms with Crippen LogP contribution in [-0.4, -0.2) is 0 Å². The molecule has 0 radical (unpaired) electrons. The number of fused-ring (bicyclic) bond motifs is 4. The minimum atomic E-state index is 0.824. The maximum Gasteiger partial charge on any atom is -0.0139 e. The summed E-state index contributed by atoms with van der Waals surface area (Å²) in [6.07, 6.45) is 16.3. The van der Waals surface area contributed by atoms with Crippen LogP contribution in [0.2, 0.25) is 0 Å². The molecule has 0 nitrogen and oxygen atoms in total. The fraction of sp³-hybridized carbons (Fsp3) is 0.778. The maximum absolute atomic E-state index is 3.98. The van der Waals surface area contributed by atoms with E-state index in [1.54, 1.807) is 38.5 Å². The largest absolute Gasteiger partial charge is 0.103 e. The van der Waals surface area contributed by atoms with Gasteiger partial charge in [0.05, 0.1) is 0 Å². The van der Waals surface area contributed by atoms with Crippen LogP contribution < -0.4 is 0 Å². The predicted molar refractivity (Wildman–Crippen MR) is 74.0 cm³/mol. The van der Waals surface area contributed by atoms with Crippen molar-refractivity contribution in [3.05, 3.63) is 25.3 Å². The summed E-state index contributed by atoms with van der Waals surface area (Å²) in [5.74, 6) is 2.05. The van der Waals surface area contributed by atoms with Gasteiger partial charge < -0.3 is 0 Å². The Morgan fingerprint density at radius 2 is 1.17 bits per heavy atom. The fourth-order valence-electron chi connectivity index (χ4n) is 7.66. The first-order valence-corrected chi connectivity index (χ1v) is 7.96. The molecule has 4 spiro atoms. The summed E-state index contributed by atoms with van der Waals surface area (Å²) in [5.41, 5.74) is 3.31. The van der Waals surface area contributed by atoms with Crippen LogP contribution in [0.3, 0.4) is 0 Å². The Bertz CT molecular complexity index is 404. The van der Waals surface area contributed by atoms with E-state index in [4.69, 9.17) is 0 Å². The Labute approximate surface area is 111 Å². The van der Waals surface area contributed by atoms with E-state index < -0.39 is 0 Å². The van der Waals surface area contributed by atoms with Crippen LogP contribution in [0.4, 0.5) is 0 Å². The quantitative estimate of drug-likeness (QED) is 0.623. The van der Waals surface area contributed by atoms with E-state index in [-0.39, 0.29) is 0 Å². The summed E-state index contributed by atoms with van der Waals surface area (Å²) in [4.78, 5) is 0. The van der Waals surface area contributed by atoms with Crippen LogP contribution in [0, 0.1) is 33.5 Å². The molecule has 5 aliphatic carbocycles. The highest BCUT2D eigenvalue weighted by Crippen LogP contribution is 3.08. The number of hydrogen-bond donors (Lipinski definition) is 0. The molecule has 0 N–H and O–H groups in total. The highest BCUT2D eigenvalue weighted by Gasteiger charge is 3.02. The molecule has 5 rings (SSSR count). The third kappa shape index (κ3) is 0.672. The highest BCUT2D eigenvalue weighted by molar-refractivity contribution is 5.50. The van der Waals surface area contributed by atoms with Gasteiger partial charge in [-0.05, 0) is 84.9 Å². The monoisotopic (exact) mass is 240 g/mol. The van der Waals surface area contributed by atoms with Crippen molar-refractivity contribution in [1.82, 2.24) is 0 Å². The molecule has 0 aromatic carbocycles. The standard InChI is InChI=1S/C18H24/c1-3-5-13-11-17(13)15(7-8-15)18(16(17)9-10-16)12-14(18)6-4-2/h3-4,13-14H,1-2,5-12H2. The Morgan fingerprint density at radius 1 is 0.778 bits per heavy atom. The van der Waals surface area contributed by atoms with Crippen LogP contribution in [-0.2, 0) is 0 Å². The first kappa shape index (κ1) is 10.3. The average Bonchev–Trinajstić information content (AvgIpc) is 3.14. The van der Waals surface area contributed by atoms with Crippen molar-refractivity contribution in [3.63, 3.8) is 0 Å². The molecular weight excluding hydrogens is 216 g/mol. The number of rotatable bonds is 4. The first-order chi connectivity index (χ1) is 8.75. The van der Waals surface area contributed by atoms with E-state index >= 15 is 0 Å². The second-order valence-corrected chi connectivity index (χ2v) is 7.96.